The van der Waals surface area contributed by atoms with Gasteiger partial charge in [0.1, 0.15) is 5.69 Å². The molecular formula is C22H31N3O. The van der Waals surface area contributed by atoms with Crippen molar-refractivity contribution < 1.29 is 4.79 Å². The zero-order valence-electron chi connectivity index (χ0n) is 16.1. The molecule has 2 heterocycles. The van der Waals surface area contributed by atoms with E-state index in [0.717, 1.165) is 43.9 Å². The lowest BCUT2D eigenvalue weighted by Crippen LogP contribution is -2.42. The number of aromatic amines is 1. The van der Waals surface area contributed by atoms with Crippen LogP contribution in [0.3, 0.4) is 0 Å². The number of aromatic nitrogens is 1. The Kier molecular flexibility index (Phi) is 6.51. The molecule has 4 nitrogen and oxygen atoms in total. The van der Waals surface area contributed by atoms with Crippen molar-refractivity contribution in [1.82, 2.24) is 14.8 Å². The predicted octanol–water partition coefficient (Wildman–Crippen LogP) is 3.60. The monoisotopic (exact) mass is 353 g/mol. The Bertz CT molecular complexity index is 694. The molecule has 0 aliphatic carbocycles. The van der Waals surface area contributed by atoms with Crippen molar-refractivity contribution in [1.29, 1.82) is 0 Å². The third-order valence-corrected chi connectivity index (χ3v) is 5.36. The van der Waals surface area contributed by atoms with Crippen LogP contribution in [0.15, 0.2) is 42.5 Å². The molecular weight excluding hydrogens is 322 g/mol. The van der Waals surface area contributed by atoms with Crippen LogP contribution in [-0.4, -0.2) is 53.9 Å². The molecule has 4 heteroatoms. The molecule has 1 aromatic heterocycles. The first-order valence-corrected chi connectivity index (χ1v) is 9.85. The molecule has 1 N–H and O–H groups in total. The van der Waals surface area contributed by atoms with Crippen LogP contribution in [0.2, 0.25) is 0 Å². The van der Waals surface area contributed by atoms with Gasteiger partial charge in [-0.1, -0.05) is 37.3 Å². The van der Waals surface area contributed by atoms with Crippen LogP contribution in [-0.2, 0) is 12.8 Å². The van der Waals surface area contributed by atoms with Gasteiger partial charge in [-0.05, 0) is 62.9 Å². The topological polar surface area (TPSA) is 39.3 Å². The van der Waals surface area contributed by atoms with Gasteiger partial charge >= 0.3 is 0 Å². The molecule has 1 amide bonds. The van der Waals surface area contributed by atoms with Gasteiger partial charge in [0.2, 0.25) is 0 Å². The molecule has 3 rings (SSSR count). The van der Waals surface area contributed by atoms with Crippen LogP contribution in [0.1, 0.15) is 41.5 Å². The zero-order chi connectivity index (χ0) is 18.4. The van der Waals surface area contributed by atoms with Gasteiger partial charge < -0.3 is 14.8 Å². The van der Waals surface area contributed by atoms with Crippen molar-refractivity contribution in [3.63, 3.8) is 0 Å². The fraction of sp³-hybridized carbons (Fsp3) is 0.500. The van der Waals surface area contributed by atoms with E-state index in [1.54, 1.807) is 0 Å². The summed E-state index contributed by atoms with van der Waals surface area (Å²) >= 11 is 0. The average molecular weight is 354 g/mol. The number of amides is 1. The van der Waals surface area contributed by atoms with Crippen molar-refractivity contribution in [2.24, 2.45) is 5.92 Å². The Morgan fingerprint density at radius 1 is 1.23 bits per heavy atom. The Morgan fingerprint density at radius 3 is 2.73 bits per heavy atom. The smallest absolute Gasteiger partial charge is 0.270 e. The first kappa shape index (κ1) is 18.7. The number of carbonyl (C=O) groups is 1. The van der Waals surface area contributed by atoms with E-state index in [1.807, 2.05) is 18.2 Å². The molecule has 1 atom stereocenters. The van der Waals surface area contributed by atoms with Crippen molar-refractivity contribution >= 4 is 5.91 Å². The van der Waals surface area contributed by atoms with Crippen LogP contribution in [0.25, 0.3) is 0 Å². The molecule has 140 valence electrons. The second kappa shape index (κ2) is 9.04. The molecule has 26 heavy (non-hydrogen) atoms. The summed E-state index contributed by atoms with van der Waals surface area (Å²) in [6, 6.07) is 14.4. The molecule has 1 aliphatic heterocycles. The Labute approximate surface area is 157 Å². The summed E-state index contributed by atoms with van der Waals surface area (Å²) in [6.45, 7) is 5.97. The molecule has 0 radical (unpaired) electrons. The summed E-state index contributed by atoms with van der Waals surface area (Å²) in [4.78, 5) is 20.9. The number of rotatable bonds is 7. The van der Waals surface area contributed by atoms with Crippen LogP contribution in [0.5, 0.6) is 0 Å². The fourth-order valence-corrected chi connectivity index (χ4v) is 3.86. The minimum absolute atomic E-state index is 0.133. The molecule has 1 aliphatic rings. The highest BCUT2D eigenvalue weighted by Crippen LogP contribution is 2.18. The maximum Gasteiger partial charge on any atom is 0.270 e. The number of H-pyrrole nitrogens is 1. The average Bonchev–Trinajstić information content (AvgIpc) is 3.15. The second-order valence-electron chi connectivity index (χ2n) is 7.51. The molecule has 2 aromatic rings. The summed E-state index contributed by atoms with van der Waals surface area (Å²) < 4.78 is 0. The van der Waals surface area contributed by atoms with Crippen molar-refractivity contribution in [2.45, 2.75) is 32.6 Å². The molecule has 0 spiro atoms. The van der Waals surface area contributed by atoms with Gasteiger partial charge in [-0.15, -0.1) is 0 Å². The van der Waals surface area contributed by atoms with Gasteiger partial charge in [-0.25, -0.2) is 0 Å². The third kappa shape index (κ3) is 4.98. The number of hydrogen-bond donors (Lipinski definition) is 1. The highest BCUT2D eigenvalue weighted by atomic mass is 16.2. The molecule has 0 saturated carbocycles. The van der Waals surface area contributed by atoms with Gasteiger partial charge in [-0.3, -0.25) is 4.79 Å². The normalized spacial score (nSPS) is 18.0. The van der Waals surface area contributed by atoms with E-state index < -0.39 is 0 Å². The van der Waals surface area contributed by atoms with E-state index in [1.165, 1.54) is 24.9 Å². The van der Waals surface area contributed by atoms with Crippen molar-refractivity contribution in [3.05, 3.63) is 59.4 Å². The number of hydrogen-bond acceptors (Lipinski definition) is 2. The van der Waals surface area contributed by atoms with E-state index in [2.05, 4.69) is 53.0 Å². The molecule has 1 saturated heterocycles. The fourth-order valence-electron chi connectivity index (χ4n) is 3.86. The van der Waals surface area contributed by atoms with Crippen molar-refractivity contribution in [2.75, 3.05) is 33.2 Å². The van der Waals surface area contributed by atoms with Gasteiger partial charge in [-0.2, -0.15) is 0 Å². The van der Waals surface area contributed by atoms with E-state index in [9.17, 15) is 4.79 Å². The second-order valence-corrected chi connectivity index (χ2v) is 7.51. The molecule has 1 fully saturated rings. The summed E-state index contributed by atoms with van der Waals surface area (Å²) in [7, 11) is 2.18. The number of benzene rings is 1. The highest BCUT2D eigenvalue weighted by Gasteiger charge is 2.24. The summed E-state index contributed by atoms with van der Waals surface area (Å²) in [5.41, 5.74) is 3.12. The van der Waals surface area contributed by atoms with E-state index in [0.29, 0.717) is 5.92 Å². The van der Waals surface area contributed by atoms with Gasteiger partial charge in [0.05, 0.1) is 0 Å². The Balaban J connectivity index is 1.70. The lowest BCUT2D eigenvalue weighted by atomic mass is 9.97. The minimum atomic E-state index is 0.133. The standard InChI is InChI=1S/C22H31N3O/c1-3-20-11-12-21(23-20)22(26)25(15-13-18-8-5-4-6-9-18)17-19-10-7-14-24(2)16-19/h4-6,8-9,11-12,19,23H,3,7,10,13-17H2,1-2H3. The molecule has 0 bridgehead atoms. The Morgan fingerprint density at radius 2 is 2.04 bits per heavy atom. The number of piperidine rings is 1. The minimum Gasteiger partial charge on any atom is -0.354 e. The van der Waals surface area contributed by atoms with Gasteiger partial charge in [0.15, 0.2) is 0 Å². The lowest BCUT2D eigenvalue weighted by Gasteiger charge is -2.33. The number of aryl methyl sites for hydroxylation is 1. The molecule has 1 unspecified atom stereocenters. The zero-order valence-corrected chi connectivity index (χ0v) is 16.1. The van der Waals surface area contributed by atoms with Crippen LogP contribution >= 0.6 is 0 Å². The maximum absolute atomic E-state index is 13.1. The number of likely N-dealkylation sites (tertiary alicyclic amines) is 1. The van der Waals surface area contributed by atoms with Crippen LogP contribution in [0.4, 0.5) is 0 Å². The number of nitrogens with zero attached hydrogens (tertiary/aromatic N) is 2. The number of carbonyl (C=O) groups excluding carboxylic acids is 1. The summed E-state index contributed by atoms with van der Waals surface area (Å²) in [6.07, 6.45) is 4.26. The Hall–Kier alpha value is -2.07. The predicted molar refractivity (Wildman–Crippen MR) is 106 cm³/mol. The van der Waals surface area contributed by atoms with Gasteiger partial charge in [0, 0.05) is 25.3 Å². The largest absolute Gasteiger partial charge is 0.354 e. The van der Waals surface area contributed by atoms with E-state index in [-0.39, 0.29) is 5.91 Å². The van der Waals surface area contributed by atoms with E-state index >= 15 is 0 Å². The molecule has 1 aromatic carbocycles. The summed E-state index contributed by atoms with van der Waals surface area (Å²) in [5.74, 6) is 0.697. The highest BCUT2D eigenvalue weighted by molar-refractivity contribution is 5.92. The van der Waals surface area contributed by atoms with Crippen LogP contribution < -0.4 is 0 Å². The third-order valence-electron chi connectivity index (χ3n) is 5.36. The van der Waals surface area contributed by atoms with Crippen molar-refractivity contribution in [3.8, 4) is 0 Å². The maximum atomic E-state index is 13.1. The van der Waals surface area contributed by atoms with E-state index in [4.69, 9.17) is 0 Å². The SMILES string of the molecule is CCc1ccc(C(=O)N(CCc2ccccc2)CC2CCCN(C)C2)[nH]1. The van der Waals surface area contributed by atoms with Gasteiger partial charge in [0.25, 0.3) is 5.91 Å². The lowest BCUT2D eigenvalue weighted by molar-refractivity contribution is 0.0688. The van der Waals surface area contributed by atoms with Crippen LogP contribution in [0, 0.1) is 5.92 Å². The quantitative estimate of drug-likeness (QED) is 0.826. The number of nitrogens with one attached hydrogen (secondary N) is 1. The summed E-state index contributed by atoms with van der Waals surface area (Å²) in [5, 5.41) is 0. The first-order chi connectivity index (χ1) is 12.7. The first-order valence-electron chi connectivity index (χ1n) is 9.85.